The molecule has 3 aromatic rings. The molecule has 0 unspecified atom stereocenters. The van der Waals surface area contributed by atoms with Crippen LogP contribution < -0.4 is 0 Å². The number of fused-ring (bicyclic) bond motifs is 1. The first-order chi connectivity index (χ1) is 10.2. The van der Waals surface area contributed by atoms with Gasteiger partial charge in [-0.25, -0.2) is 4.98 Å². The second kappa shape index (κ2) is 5.62. The van der Waals surface area contributed by atoms with Crippen LogP contribution in [0.25, 0.3) is 11.0 Å². The van der Waals surface area contributed by atoms with E-state index in [1.165, 1.54) is 12.4 Å². The van der Waals surface area contributed by atoms with Crippen LogP contribution in [-0.2, 0) is 0 Å². The Morgan fingerprint density at radius 2 is 1.81 bits per heavy atom. The highest BCUT2D eigenvalue weighted by Crippen LogP contribution is 2.14. The summed E-state index contributed by atoms with van der Waals surface area (Å²) in [5.74, 6) is -0.178. The fourth-order valence-corrected chi connectivity index (χ4v) is 2.08. The van der Waals surface area contributed by atoms with E-state index >= 15 is 0 Å². The Morgan fingerprint density at radius 3 is 2.57 bits per heavy atom. The van der Waals surface area contributed by atoms with Gasteiger partial charge in [-0.05, 0) is 24.3 Å². The van der Waals surface area contributed by atoms with Crippen molar-refractivity contribution in [2.75, 3.05) is 0 Å². The van der Waals surface area contributed by atoms with Gasteiger partial charge < -0.3 is 4.98 Å². The lowest BCUT2D eigenvalue weighted by molar-refractivity contribution is 0.0917. The van der Waals surface area contributed by atoms with E-state index in [-0.39, 0.29) is 24.4 Å². The van der Waals surface area contributed by atoms with E-state index in [0.717, 1.165) is 11.0 Å². The summed E-state index contributed by atoms with van der Waals surface area (Å²) in [6.45, 7) is 0. The molecule has 0 spiro atoms. The Balaban J connectivity index is 1.67. The minimum Gasteiger partial charge on any atom is -0.345 e. The van der Waals surface area contributed by atoms with E-state index in [1.807, 2.05) is 0 Å². The van der Waals surface area contributed by atoms with Gasteiger partial charge in [0.15, 0.2) is 11.6 Å². The second-order valence-corrected chi connectivity index (χ2v) is 4.61. The molecule has 0 fully saturated rings. The van der Waals surface area contributed by atoms with Gasteiger partial charge in [0.05, 0.1) is 29.8 Å². The molecule has 0 saturated carbocycles. The van der Waals surface area contributed by atoms with Crippen molar-refractivity contribution in [2.24, 2.45) is 0 Å². The largest absolute Gasteiger partial charge is 0.345 e. The van der Waals surface area contributed by atoms with Gasteiger partial charge in [-0.1, -0.05) is 0 Å². The molecule has 1 N–H and O–H groups in total. The van der Waals surface area contributed by atoms with Gasteiger partial charge in [-0.15, -0.1) is 0 Å². The Kier molecular flexibility index (Phi) is 3.51. The molecule has 0 amide bonds. The second-order valence-electron chi connectivity index (χ2n) is 4.61. The maximum atomic E-state index is 12.1. The molecule has 104 valence electrons. The van der Waals surface area contributed by atoms with Crippen molar-refractivity contribution in [2.45, 2.75) is 12.8 Å². The zero-order chi connectivity index (χ0) is 14.7. The van der Waals surface area contributed by atoms with Crippen molar-refractivity contribution >= 4 is 22.6 Å². The highest BCUT2D eigenvalue weighted by molar-refractivity contribution is 6.03. The normalized spacial score (nSPS) is 10.7. The number of benzene rings is 1. The molecule has 6 nitrogen and oxygen atoms in total. The molecule has 0 radical (unpaired) electrons. The van der Waals surface area contributed by atoms with Crippen molar-refractivity contribution in [1.82, 2.24) is 20.2 Å². The number of imidazole rings is 1. The van der Waals surface area contributed by atoms with Gasteiger partial charge in [0.25, 0.3) is 0 Å². The molecule has 6 heteroatoms. The molecule has 0 aliphatic carbocycles. The molecule has 2 aromatic heterocycles. The van der Waals surface area contributed by atoms with E-state index in [4.69, 9.17) is 0 Å². The number of aromatic nitrogens is 4. The minimum absolute atomic E-state index is 0.0677. The van der Waals surface area contributed by atoms with Gasteiger partial charge in [-0.3, -0.25) is 9.59 Å². The average Bonchev–Trinajstić information content (AvgIpc) is 3.00. The van der Waals surface area contributed by atoms with Gasteiger partial charge >= 0.3 is 0 Å². The third-order valence-electron chi connectivity index (χ3n) is 3.23. The molecule has 21 heavy (non-hydrogen) atoms. The first kappa shape index (κ1) is 13.1. The molecule has 1 aromatic carbocycles. The van der Waals surface area contributed by atoms with E-state index in [1.54, 1.807) is 30.6 Å². The van der Waals surface area contributed by atoms with Crippen molar-refractivity contribution in [3.8, 4) is 0 Å². The van der Waals surface area contributed by atoms with Crippen molar-refractivity contribution in [1.29, 1.82) is 0 Å². The molecular weight excluding hydrogens is 268 g/mol. The maximum Gasteiger partial charge on any atom is 0.164 e. The Morgan fingerprint density at radius 1 is 1.00 bits per heavy atom. The molecule has 3 rings (SSSR count). The number of hydrogen-bond donors (Lipinski definition) is 1. The zero-order valence-electron chi connectivity index (χ0n) is 11.1. The summed E-state index contributed by atoms with van der Waals surface area (Å²) >= 11 is 0. The van der Waals surface area contributed by atoms with Crippen molar-refractivity contribution in [3.63, 3.8) is 0 Å². The van der Waals surface area contributed by atoms with Gasteiger partial charge in [0.1, 0.15) is 0 Å². The number of hydrogen-bond acceptors (Lipinski definition) is 5. The summed E-state index contributed by atoms with van der Waals surface area (Å²) < 4.78 is 0. The Hall–Kier alpha value is -2.89. The zero-order valence-corrected chi connectivity index (χ0v) is 11.1. The molecular formula is C15H12N4O2. The highest BCUT2D eigenvalue weighted by Gasteiger charge is 2.12. The van der Waals surface area contributed by atoms with Crippen LogP contribution in [0, 0.1) is 0 Å². The third-order valence-corrected chi connectivity index (χ3v) is 3.23. The summed E-state index contributed by atoms with van der Waals surface area (Å²) in [6, 6.07) is 6.86. The molecule has 0 saturated heterocycles. The van der Waals surface area contributed by atoms with Crippen LogP contribution in [-0.4, -0.2) is 31.7 Å². The molecule has 0 aliphatic heterocycles. The van der Waals surface area contributed by atoms with Crippen LogP contribution in [0.4, 0.5) is 0 Å². The molecule has 0 atom stereocenters. The fourth-order valence-electron chi connectivity index (χ4n) is 2.08. The lowest BCUT2D eigenvalue weighted by atomic mass is 10.0. The van der Waals surface area contributed by atoms with E-state index in [0.29, 0.717) is 11.1 Å². The van der Waals surface area contributed by atoms with Crippen LogP contribution in [0.5, 0.6) is 0 Å². The number of carbonyl (C=O) groups is 2. The van der Waals surface area contributed by atoms with E-state index < -0.39 is 0 Å². The fraction of sp³-hybridized carbons (Fsp3) is 0.133. The summed E-state index contributed by atoms with van der Waals surface area (Å²) in [5, 5.41) is 7.27. The third kappa shape index (κ3) is 2.84. The number of rotatable bonds is 5. The maximum absolute atomic E-state index is 12.1. The first-order valence-electron chi connectivity index (χ1n) is 6.50. The first-order valence-corrected chi connectivity index (χ1v) is 6.50. The van der Waals surface area contributed by atoms with Crippen LogP contribution in [0.2, 0.25) is 0 Å². The predicted molar refractivity (Wildman–Crippen MR) is 76.0 cm³/mol. The summed E-state index contributed by atoms with van der Waals surface area (Å²) in [5.41, 5.74) is 2.67. The Bertz CT molecular complexity index is 796. The monoisotopic (exact) mass is 280 g/mol. The van der Waals surface area contributed by atoms with Gasteiger partial charge in [0, 0.05) is 24.0 Å². The Labute approximate surface area is 120 Å². The van der Waals surface area contributed by atoms with Crippen molar-refractivity contribution in [3.05, 3.63) is 54.1 Å². The number of Topliss-reactive ketones (excluding diaryl/α,β-unsaturated/α-hetero) is 2. The number of nitrogens with zero attached hydrogens (tertiary/aromatic N) is 3. The quantitative estimate of drug-likeness (QED) is 0.724. The number of ketones is 2. The number of H-pyrrole nitrogens is 1. The standard InChI is InChI=1S/C15H12N4O2/c20-14(3-4-15(21)11-5-6-18-19-8-11)10-1-2-12-13(7-10)17-9-16-12/h1-2,5-9H,3-4H2,(H,16,17). The smallest absolute Gasteiger partial charge is 0.164 e. The van der Waals surface area contributed by atoms with E-state index in [9.17, 15) is 9.59 Å². The summed E-state index contributed by atoms with van der Waals surface area (Å²) in [6.07, 6.45) is 4.77. The predicted octanol–water partition coefficient (Wildman–Crippen LogP) is 2.20. The lowest BCUT2D eigenvalue weighted by Crippen LogP contribution is -2.05. The summed E-state index contributed by atoms with van der Waals surface area (Å²) in [4.78, 5) is 31.1. The highest BCUT2D eigenvalue weighted by atomic mass is 16.1. The summed E-state index contributed by atoms with van der Waals surface area (Å²) in [7, 11) is 0. The topological polar surface area (TPSA) is 88.6 Å². The number of carbonyl (C=O) groups excluding carboxylic acids is 2. The minimum atomic E-state index is -0.110. The van der Waals surface area contributed by atoms with Crippen LogP contribution >= 0.6 is 0 Å². The molecule has 0 bridgehead atoms. The number of nitrogens with one attached hydrogen (secondary N) is 1. The van der Waals surface area contributed by atoms with Crippen LogP contribution in [0.1, 0.15) is 33.6 Å². The van der Waals surface area contributed by atoms with Crippen LogP contribution in [0.15, 0.2) is 43.0 Å². The van der Waals surface area contributed by atoms with Crippen LogP contribution in [0.3, 0.4) is 0 Å². The van der Waals surface area contributed by atoms with E-state index in [2.05, 4.69) is 20.2 Å². The SMILES string of the molecule is O=C(CCC(=O)c1ccc2nc[nH]c2c1)c1ccnnc1. The molecule has 0 aliphatic rings. The van der Waals surface area contributed by atoms with Crippen molar-refractivity contribution < 1.29 is 9.59 Å². The number of aromatic amines is 1. The molecule has 2 heterocycles. The lowest BCUT2D eigenvalue weighted by Gasteiger charge is -2.01. The van der Waals surface area contributed by atoms with Gasteiger partial charge in [0.2, 0.25) is 0 Å². The van der Waals surface area contributed by atoms with Gasteiger partial charge in [-0.2, -0.15) is 10.2 Å². The average molecular weight is 280 g/mol.